The lowest BCUT2D eigenvalue weighted by Crippen LogP contribution is -2.46. The summed E-state index contributed by atoms with van der Waals surface area (Å²) in [6.45, 7) is 2.99. The van der Waals surface area contributed by atoms with Crippen LogP contribution in [0.5, 0.6) is 5.75 Å². The van der Waals surface area contributed by atoms with Crippen molar-refractivity contribution in [2.24, 2.45) is 0 Å². The summed E-state index contributed by atoms with van der Waals surface area (Å²) in [6.07, 6.45) is 1.12. The number of carbonyl (C=O) groups excluding carboxylic acids is 3. The van der Waals surface area contributed by atoms with Crippen molar-refractivity contribution < 1.29 is 23.9 Å². The maximum atomic E-state index is 12.9. The average molecular weight is 420 g/mol. The fourth-order valence-corrected chi connectivity index (χ4v) is 3.16. The molecule has 0 aliphatic heterocycles. The van der Waals surface area contributed by atoms with Gasteiger partial charge in [0.15, 0.2) is 5.12 Å². The lowest BCUT2D eigenvalue weighted by atomic mass is 10.2. The number of thioether (sulfide) groups is 1. The molecule has 0 amide bonds. The second-order valence-electron chi connectivity index (χ2n) is 5.78. The molecule has 1 heterocycles. The molecule has 0 bridgehead atoms. The van der Waals surface area contributed by atoms with E-state index in [-0.39, 0.29) is 23.0 Å². The first-order valence-corrected chi connectivity index (χ1v) is 9.61. The van der Waals surface area contributed by atoms with Gasteiger partial charge in [-0.3, -0.25) is 19.0 Å². The van der Waals surface area contributed by atoms with E-state index < -0.39 is 29.2 Å². The number of benzene rings is 1. The summed E-state index contributed by atoms with van der Waals surface area (Å²) in [4.78, 5) is 61.5. The normalized spacial score (nSPS) is 11.6. The first-order valence-electron chi connectivity index (χ1n) is 8.63. The van der Waals surface area contributed by atoms with Crippen molar-refractivity contribution in [3.05, 3.63) is 62.9 Å². The van der Waals surface area contributed by atoms with Gasteiger partial charge in [0.2, 0.25) is 0 Å². The topological polar surface area (TPSA) is 114 Å². The number of ether oxygens (including phenoxy) is 2. The minimum Gasteiger partial charge on any atom is -0.497 e. The molecular formula is C19H20N2O7S. The van der Waals surface area contributed by atoms with Crippen molar-refractivity contribution in [3.63, 3.8) is 0 Å². The monoisotopic (exact) mass is 420 g/mol. The Kier molecular flexibility index (Phi) is 7.54. The van der Waals surface area contributed by atoms with Crippen LogP contribution in [-0.2, 0) is 14.3 Å². The summed E-state index contributed by atoms with van der Waals surface area (Å²) in [7, 11) is 1.46. The summed E-state index contributed by atoms with van der Waals surface area (Å²) >= 11 is 0.830. The Bertz CT molecular complexity index is 1020. The molecule has 154 valence electrons. The quantitative estimate of drug-likeness (QED) is 0.612. The number of carbonyl (C=O) groups is 3. The van der Waals surface area contributed by atoms with Crippen LogP contribution in [-0.4, -0.2) is 45.6 Å². The fraction of sp³-hybridized carbons (Fsp3) is 0.316. The Morgan fingerprint density at radius 2 is 1.76 bits per heavy atom. The largest absolute Gasteiger partial charge is 0.497 e. The Labute approximate surface area is 170 Å². The molecule has 0 radical (unpaired) electrons. The third kappa shape index (κ3) is 5.23. The molecule has 29 heavy (non-hydrogen) atoms. The first kappa shape index (κ1) is 22.2. The van der Waals surface area contributed by atoms with Crippen molar-refractivity contribution in [1.29, 1.82) is 0 Å². The molecule has 0 saturated heterocycles. The first-order chi connectivity index (χ1) is 13.8. The number of nitrogens with zero attached hydrogens (tertiary/aromatic N) is 2. The van der Waals surface area contributed by atoms with Crippen molar-refractivity contribution in [3.8, 4) is 5.75 Å². The summed E-state index contributed by atoms with van der Waals surface area (Å²) in [6, 6.07) is 5.70. The summed E-state index contributed by atoms with van der Waals surface area (Å²) in [5, 5.41) is -0.255. The Morgan fingerprint density at radius 3 is 2.31 bits per heavy atom. The van der Waals surface area contributed by atoms with E-state index in [1.165, 1.54) is 38.3 Å². The van der Waals surface area contributed by atoms with E-state index in [0.29, 0.717) is 10.3 Å². The zero-order valence-corrected chi connectivity index (χ0v) is 16.9. The number of methoxy groups -OCH3 is 1. The highest BCUT2D eigenvalue weighted by Gasteiger charge is 2.26. The molecule has 1 aromatic heterocycles. The molecule has 0 aliphatic rings. The van der Waals surface area contributed by atoms with Crippen LogP contribution in [0.3, 0.4) is 0 Å². The van der Waals surface area contributed by atoms with Gasteiger partial charge in [0.25, 0.3) is 11.5 Å². The van der Waals surface area contributed by atoms with E-state index in [1.54, 1.807) is 6.92 Å². The van der Waals surface area contributed by atoms with E-state index in [9.17, 15) is 24.0 Å². The fourth-order valence-electron chi connectivity index (χ4n) is 2.48. The second kappa shape index (κ2) is 9.87. The van der Waals surface area contributed by atoms with Gasteiger partial charge in [-0.2, -0.15) is 4.57 Å². The highest BCUT2D eigenvalue weighted by molar-refractivity contribution is 8.13. The Balaban J connectivity index is 2.52. The third-order valence-corrected chi connectivity index (χ3v) is 4.78. The molecule has 0 fully saturated rings. The summed E-state index contributed by atoms with van der Waals surface area (Å²) < 4.78 is 11.4. The lowest BCUT2D eigenvalue weighted by molar-refractivity contribution is -0.146. The maximum absolute atomic E-state index is 12.9. The zero-order valence-electron chi connectivity index (χ0n) is 16.1. The van der Waals surface area contributed by atoms with Gasteiger partial charge >= 0.3 is 11.7 Å². The highest BCUT2D eigenvalue weighted by atomic mass is 32.2. The molecule has 0 aliphatic carbocycles. The van der Waals surface area contributed by atoms with E-state index in [0.717, 1.165) is 28.6 Å². The molecular weight excluding hydrogens is 400 g/mol. The molecule has 0 saturated carbocycles. The van der Waals surface area contributed by atoms with E-state index in [4.69, 9.17) is 9.47 Å². The molecule has 1 atom stereocenters. The summed E-state index contributed by atoms with van der Waals surface area (Å²) in [5.74, 6) is -1.17. The minimum atomic E-state index is -1.17. The van der Waals surface area contributed by atoms with Gasteiger partial charge in [-0.25, -0.2) is 9.59 Å². The highest BCUT2D eigenvalue weighted by Crippen LogP contribution is 2.16. The Morgan fingerprint density at radius 1 is 1.10 bits per heavy atom. The van der Waals surface area contributed by atoms with E-state index in [2.05, 4.69) is 0 Å². The van der Waals surface area contributed by atoms with E-state index >= 15 is 0 Å². The number of esters is 1. The minimum absolute atomic E-state index is 0.0687. The van der Waals surface area contributed by atoms with Crippen molar-refractivity contribution in [2.75, 3.05) is 19.5 Å². The molecule has 1 aromatic carbocycles. The molecule has 0 N–H and O–H groups in total. The van der Waals surface area contributed by atoms with Crippen LogP contribution in [0.15, 0.2) is 46.1 Å². The number of aromatic nitrogens is 2. The lowest BCUT2D eigenvalue weighted by Gasteiger charge is -2.18. The van der Waals surface area contributed by atoms with Crippen molar-refractivity contribution >= 4 is 28.8 Å². The van der Waals surface area contributed by atoms with Gasteiger partial charge in [0, 0.05) is 30.5 Å². The molecule has 2 rings (SSSR count). The van der Waals surface area contributed by atoms with Gasteiger partial charge < -0.3 is 9.47 Å². The van der Waals surface area contributed by atoms with Crippen LogP contribution in [0.25, 0.3) is 0 Å². The van der Waals surface area contributed by atoms with Crippen LogP contribution in [0, 0.1) is 0 Å². The van der Waals surface area contributed by atoms with Crippen LogP contribution in [0.2, 0.25) is 0 Å². The Hall–Kier alpha value is -3.14. The van der Waals surface area contributed by atoms with Crippen LogP contribution < -0.4 is 16.0 Å². The predicted molar refractivity (Wildman–Crippen MR) is 106 cm³/mol. The smallest absolute Gasteiger partial charge is 0.339 e. The van der Waals surface area contributed by atoms with Crippen LogP contribution in [0.1, 0.15) is 30.2 Å². The number of rotatable bonds is 7. The standard InChI is InChI=1S/C19H20N2O7S/c1-4-28-18(25)15(11-29-12(2)22)20-10-9-16(23)21(19(20)26)17(24)13-5-7-14(27-3)8-6-13/h5-10,15H,4,11H2,1-3H3/t15-/m1/s1. The molecule has 0 spiro atoms. The van der Waals surface area contributed by atoms with E-state index in [1.807, 2.05) is 0 Å². The zero-order chi connectivity index (χ0) is 21.6. The number of hydrogen-bond donors (Lipinski definition) is 0. The van der Waals surface area contributed by atoms with Crippen LogP contribution >= 0.6 is 11.8 Å². The molecule has 2 aromatic rings. The SMILES string of the molecule is CCOC(=O)[C@@H](CSC(C)=O)n1ccc(=O)n(C(=O)c2ccc(OC)cc2)c1=O. The average Bonchev–Trinajstić information content (AvgIpc) is 2.69. The number of hydrogen-bond acceptors (Lipinski definition) is 8. The van der Waals surface area contributed by atoms with Gasteiger partial charge in [-0.1, -0.05) is 11.8 Å². The predicted octanol–water partition coefficient (Wildman–Crippen LogP) is 1.09. The third-order valence-electron chi connectivity index (χ3n) is 3.89. The van der Waals surface area contributed by atoms with Crippen molar-refractivity contribution in [1.82, 2.24) is 9.13 Å². The molecule has 9 nitrogen and oxygen atoms in total. The second-order valence-corrected chi connectivity index (χ2v) is 6.98. The van der Waals surface area contributed by atoms with Crippen LogP contribution in [0.4, 0.5) is 0 Å². The maximum Gasteiger partial charge on any atom is 0.339 e. The van der Waals surface area contributed by atoms with Gasteiger partial charge in [0.05, 0.1) is 13.7 Å². The van der Waals surface area contributed by atoms with Gasteiger partial charge in [0.1, 0.15) is 11.8 Å². The summed E-state index contributed by atoms with van der Waals surface area (Å²) in [5.41, 5.74) is -1.75. The van der Waals surface area contributed by atoms with Gasteiger partial charge in [-0.05, 0) is 31.2 Å². The molecule has 0 unspecified atom stereocenters. The van der Waals surface area contributed by atoms with Crippen molar-refractivity contribution in [2.45, 2.75) is 19.9 Å². The van der Waals surface area contributed by atoms with Gasteiger partial charge in [-0.15, -0.1) is 0 Å². The molecule has 10 heteroatoms.